The largest absolute Gasteiger partial charge is 0.450 e. The summed E-state index contributed by atoms with van der Waals surface area (Å²) < 4.78 is 29.0. The van der Waals surface area contributed by atoms with E-state index in [9.17, 15) is 9.32 Å². The van der Waals surface area contributed by atoms with Gasteiger partial charge in [0.05, 0.1) is 23.6 Å². The van der Waals surface area contributed by atoms with Crippen LogP contribution in [0.15, 0.2) is 30.7 Å². The number of halogens is 2. The number of hydrogen-bond donors (Lipinski definition) is 2. The van der Waals surface area contributed by atoms with Crippen LogP contribution in [0, 0.1) is 5.82 Å². The third-order valence-corrected chi connectivity index (χ3v) is 4.76. The molecule has 2 N–H and O–H groups in total. The fourth-order valence-corrected chi connectivity index (χ4v) is 3.59. The van der Waals surface area contributed by atoms with Crippen molar-refractivity contribution in [1.29, 1.82) is 0 Å². The van der Waals surface area contributed by atoms with Crippen molar-refractivity contribution in [2.45, 2.75) is 13.3 Å². The van der Waals surface area contributed by atoms with E-state index in [0.717, 1.165) is 16.5 Å². The first-order valence-corrected chi connectivity index (χ1v) is 8.88. The minimum absolute atomic E-state index is 0.128. The Balaban J connectivity index is 1.92. The summed E-state index contributed by atoms with van der Waals surface area (Å²) in [6.07, 6.45) is 4.18. The van der Waals surface area contributed by atoms with Gasteiger partial charge in [-0.1, -0.05) is 6.92 Å². The maximum absolute atomic E-state index is 15.4. The molecule has 4 aromatic rings. The summed E-state index contributed by atoms with van der Waals surface area (Å²) in [6.45, 7) is 1.90. The number of nitrogens with one attached hydrogen (secondary N) is 2. The summed E-state index contributed by atoms with van der Waals surface area (Å²) in [4.78, 5) is 20.1. The minimum Gasteiger partial charge on any atom is -0.374 e. The van der Waals surface area contributed by atoms with Crippen LogP contribution < -0.4 is 10.2 Å². The summed E-state index contributed by atoms with van der Waals surface area (Å²) in [5.41, 5.74) is 3.64. The molecule has 1 aromatic carbocycles. The fraction of sp³-hybridized carbons (Fsp3) is 0.211. The van der Waals surface area contributed by atoms with Crippen LogP contribution in [0.25, 0.3) is 27.7 Å². The van der Waals surface area contributed by atoms with Gasteiger partial charge in [0.1, 0.15) is 5.65 Å². The molecule has 150 valence electrons. The van der Waals surface area contributed by atoms with Crippen LogP contribution in [0.1, 0.15) is 12.5 Å². The third kappa shape index (κ3) is 3.02. The number of aromatic amines is 1. The topological polar surface area (TPSA) is 87.5 Å². The lowest BCUT2D eigenvalue weighted by Gasteiger charge is -2.20. The standard InChI is InChI=1S/C19H18F2N6O2/c1-4-11-15(12-7-22-25-17(12)18(16(11)20)26(2)3)10-5-6-14-23-13(9-27(14)8-10)24-19(28)29-21/h5-9H,4H2,1-3H3,(H,22,25)(H,24,28). The van der Waals surface area contributed by atoms with E-state index in [1.54, 1.807) is 41.9 Å². The second kappa shape index (κ2) is 7.04. The number of pyridine rings is 1. The first-order chi connectivity index (χ1) is 13.9. The van der Waals surface area contributed by atoms with Crippen molar-refractivity contribution in [3.63, 3.8) is 0 Å². The highest BCUT2D eigenvalue weighted by Crippen LogP contribution is 2.39. The van der Waals surface area contributed by atoms with Crippen molar-refractivity contribution >= 4 is 34.1 Å². The molecule has 3 aromatic heterocycles. The highest BCUT2D eigenvalue weighted by molar-refractivity contribution is 6.03. The number of nitrogens with zero attached hydrogens (tertiary/aromatic N) is 4. The molecule has 0 aliphatic carbocycles. The normalized spacial score (nSPS) is 11.2. The number of fused-ring (bicyclic) bond motifs is 2. The number of carbonyl (C=O) groups excluding carboxylic acids is 1. The van der Waals surface area contributed by atoms with Gasteiger partial charge in [-0.05, 0) is 29.7 Å². The molecule has 0 unspecified atom stereocenters. The van der Waals surface area contributed by atoms with Crippen LogP contribution in [0.2, 0.25) is 0 Å². The van der Waals surface area contributed by atoms with Crippen LogP contribution in [0.3, 0.4) is 0 Å². The average molecular weight is 400 g/mol. The lowest BCUT2D eigenvalue weighted by Crippen LogP contribution is -2.13. The predicted octanol–water partition coefficient (Wildman–Crippen LogP) is 4.08. The van der Waals surface area contributed by atoms with Gasteiger partial charge < -0.3 is 9.30 Å². The molecular formula is C19H18F2N6O2. The van der Waals surface area contributed by atoms with E-state index in [-0.39, 0.29) is 11.6 Å². The average Bonchev–Trinajstić information content (AvgIpc) is 3.31. The van der Waals surface area contributed by atoms with Crippen LogP contribution in [0.4, 0.5) is 25.2 Å². The maximum Gasteiger partial charge on any atom is 0.450 e. The molecule has 10 heteroatoms. The second-order valence-corrected chi connectivity index (χ2v) is 6.72. The van der Waals surface area contributed by atoms with E-state index in [1.807, 2.05) is 13.0 Å². The van der Waals surface area contributed by atoms with Crippen LogP contribution in [-0.2, 0) is 11.4 Å². The monoisotopic (exact) mass is 400 g/mol. The molecule has 1 amide bonds. The molecule has 0 aliphatic heterocycles. The van der Waals surface area contributed by atoms with Gasteiger partial charge in [0.2, 0.25) is 0 Å². The van der Waals surface area contributed by atoms with E-state index in [1.165, 1.54) is 6.20 Å². The number of anilines is 2. The molecule has 0 aliphatic rings. The Morgan fingerprint density at radius 2 is 2.14 bits per heavy atom. The number of rotatable bonds is 4. The molecule has 0 saturated heterocycles. The predicted molar refractivity (Wildman–Crippen MR) is 105 cm³/mol. The highest BCUT2D eigenvalue weighted by atomic mass is 19.3. The molecule has 0 saturated carbocycles. The van der Waals surface area contributed by atoms with Gasteiger partial charge in [0.15, 0.2) is 11.6 Å². The summed E-state index contributed by atoms with van der Waals surface area (Å²) in [7, 11) is 3.57. The zero-order valence-corrected chi connectivity index (χ0v) is 16.0. The van der Waals surface area contributed by atoms with E-state index >= 15 is 4.39 Å². The Morgan fingerprint density at radius 3 is 2.83 bits per heavy atom. The summed E-state index contributed by atoms with van der Waals surface area (Å²) >= 11 is 0. The lowest BCUT2D eigenvalue weighted by atomic mass is 9.94. The molecular weight excluding hydrogens is 382 g/mol. The maximum atomic E-state index is 15.4. The number of carbonyl (C=O) groups is 1. The molecule has 0 atom stereocenters. The molecule has 0 fully saturated rings. The van der Waals surface area contributed by atoms with Crippen LogP contribution in [-0.4, -0.2) is 39.8 Å². The zero-order chi connectivity index (χ0) is 20.7. The lowest BCUT2D eigenvalue weighted by molar-refractivity contribution is -0.0544. The molecule has 8 nitrogen and oxygen atoms in total. The summed E-state index contributed by atoms with van der Waals surface area (Å²) in [6, 6.07) is 3.54. The molecule has 0 spiro atoms. The van der Waals surface area contributed by atoms with E-state index in [2.05, 4.69) is 25.4 Å². The molecule has 0 radical (unpaired) electrons. The van der Waals surface area contributed by atoms with Crippen LogP contribution in [0.5, 0.6) is 0 Å². The number of H-pyrrole nitrogens is 1. The number of imidazole rings is 1. The molecule has 0 bridgehead atoms. The van der Waals surface area contributed by atoms with Crippen molar-refractivity contribution in [3.05, 3.63) is 42.1 Å². The van der Waals surface area contributed by atoms with Crippen molar-refractivity contribution in [3.8, 4) is 11.1 Å². The van der Waals surface area contributed by atoms with E-state index in [4.69, 9.17) is 0 Å². The number of hydrogen-bond acceptors (Lipinski definition) is 5. The van der Waals surface area contributed by atoms with Gasteiger partial charge >= 0.3 is 6.09 Å². The molecule has 3 heterocycles. The quantitative estimate of drug-likeness (QED) is 0.539. The first kappa shape index (κ1) is 18.7. The second-order valence-electron chi connectivity index (χ2n) is 6.72. The Morgan fingerprint density at radius 1 is 1.34 bits per heavy atom. The van der Waals surface area contributed by atoms with Crippen molar-refractivity contribution in [2.75, 3.05) is 24.3 Å². The molecule has 29 heavy (non-hydrogen) atoms. The van der Waals surface area contributed by atoms with Gasteiger partial charge in [0, 0.05) is 35.8 Å². The van der Waals surface area contributed by atoms with Gasteiger partial charge in [-0.3, -0.25) is 10.4 Å². The van der Waals surface area contributed by atoms with Crippen molar-refractivity contribution in [2.24, 2.45) is 0 Å². The zero-order valence-electron chi connectivity index (χ0n) is 16.0. The minimum atomic E-state index is -1.26. The number of benzene rings is 1. The Hall–Kier alpha value is -3.69. The highest BCUT2D eigenvalue weighted by Gasteiger charge is 2.22. The number of aromatic nitrogens is 4. The molecule has 4 rings (SSSR count). The Kier molecular flexibility index (Phi) is 4.53. The fourth-order valence-electron chi connectivity index (χ4n) is 3.59. The summed E-state index contributed by atoms with van der Waals surface area (Å²) in [5.74, 6) is -0.175. The Labute approximate surface area is 164 Å². The van der Waals surface area contributed by atoms with Crippen molar-refractivity contribution < 1.29 is 18.7 Å². The smallest absolute Gasteiger partial charge is 0.374 e. The summed E-state index contributed by atoms with van der Waals surface area (Å²) in [5, 5.41) is 9.98. The third-order valence-electron chi connectivity index (χ3n) is 4.76. The van der Waals surface area contributed by atoms with Gasteiger partial charge in [0.25, 0.3) is 0 Å². The van der Waals surface area contributed by atoms with Crippen LogP contribution >= 0.6 is 0 Å². The Bertz CT molecular complexity index is 1230. The SMILES string of the molecule is CCc1c(F)c(N(C)C)c2[nH]ncc2c1-c1ccc2nc(NC(=O)OF)cn2c1. The van der Waals surface area contributed by atoms with E-state index < -0.39 is 6.09 Å². The van der Waals surface area contributed by atoms with Gasteiger partial charge in [-0.25, -0.2) is 19.1 Å². The van der Waals surface area contributed by atoms with Gasteiger partial charge in [-0.2, -0.15) is 5.10 Å². The van der Waals surface area contributed by atoms with Gasteiger partial charge in [-0.15, -0.1) is 0 Å². The van der Waals surface area contributed by atoms with Crippen molar-refractivity contribution in [1.82, 2.24) is 19.6 Å². The van der Waals surface area contributed by atoms with E-state index in [0.29, 0.717) is 28.8 Å². The first-order valence-electron chi connectivity index (χ1n) is 8.88. The number of amides is 1.